The maximum Gasteiger partial charge on any atom is 0.338 e. The first kappa shape index (κ1) is 18.6. The van der Waals surface area contributed by atoms with Gasteiger partial charge in [-0.05, 0) is 43.7 Å². The van der Waals surface area contributed by atoms with Crippen molar-refractivity contribution in [3.8, 4) is 0 Å². The van der Waals surface area contributed by atoms with Gasteiger partial charge in [-0.15, -0.1) is 0 Å². The summed E-state index contributed by atoms with van der Waals surface area (Å²) in [7, 11) is 0. The van der Waals surface area contributed by atoms with Crippen molar-refractivity contribution in [2.45, 2.75) is 26.3 Å². The lowest BCUT2D eigenvalue weighted by molar-refractivity contribution is -0.122. The van der Waals surface area contributed by atoms with Crippen molar-refractivity contribution in [1.82, 2.24) is 0 Å². The zero-order valence-electron chi connectivity index (χ0n) is 15.0. The van der Waals surface area contributed by atoms with Crippen LogP contribution in [-0.4, -0.2) is 30.4 Å². The number of aryl methyl sites for hydroxylation is 1. The summed E-state index contributed by atoms with van der Waals surface area (Å²) in [4.78, 5) is 38.2. The van der Waals surface area contributed by atoms with Gasteiger partial charge in [-0.3, -0.25) is 9.59 Å². The molecule has 0 fully saturated rings. The van der Waals surface area contributed by atoms with Crippen LogP contribution in [0.1, 0.15) is 29.3 Å². The molecular formula is C20H19FN2O4. The Hall–Kier alpha value is -3.22. The van der Waals surface area contributed by atoms with Gasteiger partial charge < -0.3 is 15.0 Å². The van der Waals surface area contributed by atoms with Crippen LogP contribution in [0.4, 0.5) is 15.8 Å². The molecule has 0 bridgehead atoms. The minimum Gasteiger partial charge on any atom is -0.452 e. The second kappa shape index (κ2) is 7.57. The van der Waals surface area contributed by atoms with Crippen molar-refractivity contribution < 1.29 is 23.5 Å². The summed E-state index contributed by atoms with van der Waals surface area (Å²) in [6.07, 6.45) is 0.123. The van der Waals surface area contributed by atoms with Crippen LogP contribution >= 0.6 is 0 Å². The number of nitrogens with one attached hydrogen (secondary N) is 1. The third-order valence-electron chi connectivity index (χ3n) is 4.36. The molecule has 0 saturated carbocycles. The molecule has 140 valence electrons. The molecule has 1 N–H and O–H groups in total. The summed E-state index contributed by atoms with van der Waals surface area (Å²) in [5.74, 6) is -1.97. The molecule has 0 saturated heterocycles. The molecule has 1 atom stereocenters. The Morgan fingerprint density at radius 3 is 2.74 bits per heavy atom. The van der Waals surface area contributed by atoms with E-state index in [0.29, 0.717) is 16.9 Å². The molecule has 1 aliphatic rings. The number of esters is 1. The predicted octanol–water partition coefficient (Wildman–Crippen LogP) is 3.05. The van der Waals surface area contributed by atoms with Gasteiger partial charge in [0.05, 0.1) is 16.9 Å². The van der Waals surface area contributed by atoms with Crippen LogP contribution in [0.25, 0.3) is 0 Å². The molecule has 6 nitrogen and oxygen atoms in total. The highest BCUT2D eigenvalue weighted by Gasteiger charge is 2.30. The number of nitrogens with zero attached hydrogens (tertiary/aromatic N) is 1. The Morgan fingerprint density at radius 2 is 2.00 bits per heavy atom. The van der Waals surface area contributed by atoms with Gasteiger partial charge in [0, 0.05) is 12.5 Å². The van der Waals surface area contributed by atoms with Crippen molar-refractivity contribution >= 4 is 29.2 Å². The van der Waals surface area contributed by atoms with E-state index in [9.17, 15) is 18.8 Å². The molecule has 7 heteroatoms. The van der Waals surface area contributed by atoms with Crippen molar-refractivity contribution in [2.24, 2.45) is 0 Å². The van der Waals surface area contributed by atoms with Gasteiger partial charge in [-0.1, -0.05) is 18.2 Å². The number of para-hydroxylation sites is 2. The van der Waals surface area contributed by atoms with E-state index in [1.54, 1.807) is 38.1 Å². The summed E-state index contributed by atoms with van der Waals surface area (Å²) < 4.78 is 18.7. The smallest absolute Gasteiger partial charge is 0.338 e. The monoisotopic (exact) mass is 370 g/mol. The Labute approximate surface area is 155 Å². The summed E-state index contributed by atoms with van der Waals surface area (Å²) in [5, 5.41) is 2.76. The van der Waals surface area contributed by atoms with E-state index >= 15 is 0 Å². The third kappa shape index (κ3) is 3.97. The van der Waals surface area contributed by atoms with Crippen LogP contribution in [0.2, 0.25) is 0 Å². The second-order valence-electron chi connectivity index (χ2n) is 6.42. The van der Waals surface area contributed by atoms with Crippen molar-refractivity contribution in [1.29, 1.82) is 0 Å². The van der Waals surface area contributed by atoms with E-state index in [-0.39, 0.29) is 17.9 Å². The minimum atomic E-state index is -0.785. The third-order valence-corrected chi connectivity index (χ3v) is 4.36. The van der Waals surface area contributed by atoms with Crippen LogP contribution in [0.5, 0.6) is 0 Å². The zero-order valence-corrected chi connectivity index (χ0v) is 15.0. The molecule has 1 heterocycles. The Morgan fingerprint density at radius 1 is 1.26 bits per heavy atom. The lowest BCUT2D eigenvalue weighted by Crippen LogP contribution is -2.41. The van der Waals surface area contributed by atoms with Gasteiger partial charge in [-0.25, -0.2) is 9.18 Å². The molecular weight excluding hydrogens is 351 g/mol. The molecule has 27 heavy (non-hydrogen) atoms. The van der Waals surface area contributed by atoms with E-state index in [1.165, 1.54) is 17.0 Å². The fraction of sp³-hybridized carbons (Fsp3) is 0.250. The first-order valence-electron chi connectivity index (χ1n) is 8.51. The predicted molar refractivity (Wildman–Crippen MR) is 98.1 cm³/mol. The Balaban J connectivity index is 1.76. The second-order valence-corrected chi connectivity index (χ2v) is 6.42. The summed E-state index contributed by atoms with van der Waals surface area (Å²) >= 11 is 0. The summed E-state index contributed by atoms with van der Waals surface area (Å²) in [6.45, 7) is 2.82. The first-order valence-corrected chi connectivity index (χ1v) is 8.51. The Bertz CT molecular complexity index is 913. The van der Waals surface area contributed by atoms with Crippen LogP contribution in [0.3, 0.4) is 0 Å². The molecule has 2 aromatic rings. The van der Waals surface area contributed by atoms with Gasteiger partial charge >= 0.3 is 5.97 Å². The van der Waals surface area contributed by atoms with Gasteiger partial charge in [0.1, 0.15) is 5.82 Å². The molecule has 0 unspecified atom stereocenters. The summed E-state index contributed by atoms with van der Waals surface area (Å²) in [5.41, 5.74) is 1.51. The van der Waals surface area contributed by atoms with Gasteiger partial charge in [0.15, 0.2) is 6.61 Å². The lowest BCUT2D eigenvalue weighted by atomic mass is 10.1. The minimum absolute atomic E-state index is 0.0343. The standard InChI is InChI=1S/C20H19FN2O4/c1-12-7-8-14(10-15(12)21)20(26)27-11-19(25)23-13(2)9-18(24)22-16-5-3-4-6-17(16)23/h3-8,10,13H,9,11H2,1-2H3,(H,22,24)/t13-/m1/s1. The van der Waals surface area contributed by atoms with E-state index in [1.807, 2.05) is 0 Å². The number of halogens is 1. The number of rotatable bonds is 3. The number of ether oxygens (including phenoxy) is 1. The fourth-order valence-corrected chi connectivity index (χ4v) is 2.97. The lowest BCUT2D eigenvalue weighted by Gasteiger charge is -2.27. The molecule has 2 amide bonds. The molecule has 0 aromatic heterocycles. The maximum absolute atomic E-state index is 13.6. The average molecular weight is 370 g/mol. The van der Waals surface area contributed by atoms with Gasteiger partial charge in [0.25, 0.3) is 5.91 Å². The SMILES string of the molecule is Cc1ccc(C(=O)OCC(=O)N2c3ccccc3NC(=O)C[C@H]2C)cc1F. The van der Waals surface area contributed by atoms with E-state index in [4.69, 9.17) is 4.74 Å². The van der Waals surface area contributed by atoms with Gasteiger partial charge in [0.2, 0.25) is 5.91 Å². The number of carbonyl (C=O) groups excluding carboxylic acids is 3. The molecule has 0 radical (unpaired) electrons. The van der Waals surface area contributed by atoms with Crippen LogP contribution in [-0.2, 0) is 14.3 Å². The van der Waals surface area contributed by atoms with Crippen molar-refractivity contribution in [2.75, 3.05) is 16.8 Å². The highest BCUT2D eigenvalue weighted by Crippen LogP contribution is 2.31. The number of benzene rings is 2. The number of anilines is 2. The molecule has 3 rings (SSSR count). The topological polar surface area (TPSA) is 75.7 Å². The number of hydrogen-bond donors (Lipinski definition) is 1. The number of hydrogen-bond acceptors (Lipinski definition) is 4. The molecule has 0 spiro atoms. The average Bonchev–Trinajstić information content (AvgIpc) is 2.76. The zero-order chi connectivity index (χ0) is 19.6. The maximum atomic E-state index is 13.6. The van der Waals surface area contributed by atoms with Gasteiger partial charge in [-0.2, -0.15) is 0 Å². The number of carbonyl (C=O) groups is 3. The molecule has 2 aromatic carbocycles. The normalized spacial score (nSPS) is 16.2. The number of fused-ring (bicyclic) bond motifs is 1. The van der Waals surface area contributed by atoms with E-state index < -0.39 is 30.3 Å². The number of amides is 2. The molecule has 0 aliphatic carbocycles. The van der Waals surface area contributed by atoms with Crippen LogP contribution in [0.15, 0.2) is 42.5 Å². The van der Waals surface area contributed by atoms with Crippen LogP contribution < -0.4 is 10.2 Å². The quantitative estimate of drug-likeness (QED) is 0.843. The van der Waals surface area contributed by atoms with Crippen molar-refractivity contribution in [3.63, 3.8) is 0 Å². The Kier molecular flexibility index (Phi) is 5.21. The molecule has 1 aliphatic heterocycles. The van der Waals surface area contributed by atoms with E-state index in [2.05, 4.69) is 5.32 Å². The first-order chi connectivity index (χ1) is 12.9. The highest BCUT2D eigenvalue weighted by atomic mass is 19.1. The summed E-state index contributed by atoms with van der Waals surface area (Å²) in [6, 6.07) is 10.5. The van der Waals surface area contributed by atoms with Crippen LogP contribution in [0, 0.1) is 12.7 Å². The van der Waals surface area contributed by atoms with Crippen molar-refractivity contribution in [3.05, 3.63) is 59.4 Å². The van der Waals surface area contributed by atoms with E-state index in [0.717, 1.165) is 6.07 Å². The highest BCUT2D eigenvalue weighted by molar-refractivity contribution is 6.05. The fourth-order valence-electron chi connectivity index (χ4n) is 2.97. The largest absolute Gasteiger partial charge is 0.452 e.